The molecule has 0 saturated heterocycles. The Morgan fingerprint density at radius 2 is 1.71 bits per heavy atom. The summed E-state index contributed by atoms with van der Waals surface area (Å²) in [6.45, 7) is 4.55. The lowest BCUT2D eigenvalue weighted by atomic mass is 10.2. The molecule has 1 aromatic heterocycles. The van der Waals surface area contributed by atoms with Crippen molar-refractivity contribution in [3.05, 3.63) is 41.7 Å². The SMILES string of the molecule is CCN(Cc1ccccc1)Cc1nc(N)nc(N(C)C)n1. The van der Waals surface area contributed by atoms with Crippen LogP contribution < -0.4 is 10.6 Å². The van der Waals surface area contributed by atoms with E-state index >= 15 is 0 Å². The van der Waals surface area contributed by atoms with Crippen molar-refractivity contribution >= 4 is 11.9 Å². The van der Waals surface area contributed by atoms with Gasteiger partial charge in [0.1, 0.15) is 5.82 Å². The largest absolute Gasteiger partial charge is 0.368 e. The molecule has 0 amide bonds. The van der Waals surface area contributed by atoms with Crippen molar-refractivity contribution in [1.82, 2.24) is 19.9 Å². The average Bonchev–Trinajstić information content (AvgIpc) is 2.47. The number of hydrogen-bond acceptors (Lipinski definition) is 6. The summed E-state index contributed by atoms with van der Waals surface area (Å²) in [6, 6.07) is 10.4. The van der Waals surface area contributed by atoms with Gasteiger partial charge in [0.05, 0.1) is 6.54 Å². The zero-order valence-corrected chi connectivity index (χ0v) is 12.8. The molecule has 0 spiro atoms. The van der Waals surface area contributed by atoms with Crippen molar-refractivity contribution in [1.29, 1.82) is 0 Å². The van der Waals surface area contributed by atoms with Crippen molar-refractivity contribution in [3.63, 3.8) is 0 Å². The molecule has 112 valence electrons. The summed E-state index contributed by atoms with van der Waals surface area (Å²) in [5, 5.41) is 0. The van der Waals surface area contributed by atoms with Gasteiger partial charge in [0.15, 0.2) is 0 Å². The third-order valence-electron chi connectivity index (χ3n) is 3.15. The molecule has 1 heterocycles. The highest BCUT2D eigenvalue weighted by Crippen LogP contribution is 2.10. The normalized spacial score (nSPS) is 10.9. The summed E-state index contributed by atoms with van der Waals surface area (Å²) >= 11 is 0. The van der Waals surface area contributed by atoms with Crippen molar-refractivity contribution in [3.8, 4) is 0 Å². The van der Waals surface area contributed by atoms with E-state index in [-0.39, 0.29) is 5.95 Å². The maximum absolute atomic E-state index is 5.76. The van der Waals surface area contributed by atoms with Crippen LogP contribution in [-0.2, 0) is 13.1 Å². The molecule has 0 radical (unpaired) electrons. The van der Waals surface area contributed by atoms with E-state index in [1.807, 2.05) is 37.2 Å². The molecule has 1 aromatic carbocycles. The van der Waals surface area contributed by atoms with E-state index in [0.717, 1.165) is 13.1 Å². The lowest BCUT2D eigenvalue weighted by Gasteiger charge is -2.20. The number of hydrogen-bond donors (Lipinski definition) is 1. The van der Waals surface area contributed by atoms with E-state index in [0.29, 0.717) is 18.3 Å². The van der Waals surface area contributed by atoms with Crippen LogP contribution in [0.25, 0.3) is 0 Å². The Morgan fingerprint density at radius 1 is 1.00 bits per heavy atom. The molecule has 2 aromatic rings. The Bertz CT molecular complexity index is 570. The van der Waals surface area contributed by atoms with Gasteiger partial charge < -0.3 is 10.6 Å². The summed E-state index contributed by atoms with van der Waals surface area (Å²) < 4.78 is 0. The second-order valence-electron chi connectivity index (χ2n) is 5.09. The zero-order chi connectivity index (χ0) is 15.2. The fourth-order valence-electron chi connectivity index (χ4n) is 2.02. The van der Waals surface area contributed by atoms with Crippen molar-refractivity contribution in [2.45, 2.75) is 20.0 Å². The molecular formula is C15H22N6. The van der Waals surface area contributed by atoms with E-state index in [9.17, 15) is 0 Å². The minimum Gasteiger partial charge on any atom is -0.368 e. The third-order valence-corrected chi connectivity index (χ3v) is 3.15. The number of nitrogen functional groups attached to an aromatic ring is 1. The molecule has 0 aliphatic carbocycles. The molecule has 2 N–H and O–H groups in total. The standard InChI is InChI=1S/C15H22N6/c1-4-21(10-12-8-6-5-7-9-12)11-13-17-14(16)19-15(18-13)20(2)3/h5-9H,4,10-11H2,1-3H3,(H2,16,17,18,19). The van der Waals surface area contributed by atoms with E-state index in [4.69, 9.17) is 5.73 Å². The Hall–Kier alpha value is -2.21. The molecule has 0 fully saturated rings. The van der Waals surface area contributed by atoms with Gasteiger partial charge in [-0.15, -0.1) is 0 Å². The molecule has 0 saturated carbocycles. The lowest BCUT2D eigenvalue weighted by Crippen LogP contribution is -2.25. The van der Waals surface area contributed by atoms with Crippen LogP contribution in [0.15, 0.2) is 30.3 Å². The first kappa shape index (κ1) is 15.2. The number of nitrogens with two attached hydrogens (primary N) is 1. The smallest absolute Gasteiger partial charge is 0.229 e. The monoisotopic (exact) mass is 286 g/mol. The van der Waals surface area contributed by atoms with E-state index < -0.39 is 0 Å². The second kappa shape index (κ2) is 6.99. The predicted octanol–water partition coefficient (Wildman–Crippen LogP) is 1.54. The number of benzene rings is 1. The van der Waals surface area contributed by atoms with Gasteiger partial charge in [0.2, 0.25) is 11.9 Å². The molecule has 6 nitrogen and oxygen atoms in total. The highest BCUT2D eigenvalue weighted by molar-refractivity contribution is 5.32. The summed E-state index contributed by atoms with van der Waals surface area (Å²) in [7, 11) is 3.78. The molecule has 0 aliphatic rings. The average molecular weight is 286 g/mol. The molecule has 0 bridgehead atoms. The first-order valence-electron chi connectivity index (χ1n) is 7.02. The highest BCUT2D eigenvalue weighted by Gasteiger charge is 2.10. The van der Waals surface area contributed by atoms with Crippen molar-refractivity contribution in [2.75, 3.05) is 31.3 Å². The number of anilines is 2. The van der Waals surface area contributed by atoms with Crippen LogP contribution in [0.3, 0.4) is 0 Å². The Kier molecular flexibility index (Phi) is 5.05. The number of nitrogens with zero attached hydrogens (tertiary/aromatic N) is 5. The fourth-order valence-corrected chi connectivity index (χ4v) is 2.02. The molecule has 21 heavy (non-hydrogen) atoms. The van der Waals surface area contributed by atoms with Crippen LogP contribution in [0.2, 0.25) is 0 Å². The van der Waals surface area contributed by atoms with Gasteiger partial charge in [-0.25, -0.2) is 0 Å². The maximum atomic E-state index is 5.76. The molecule has 0 atom stereocenters. The highest BCUT2D eigenvalue weighted by atomic mass is 15.3. The van der Waals surface area contributed by atoms with E-state index in [1.165, 1.54) is 5.56 Å². The molecule has 0 unspecified atom stereocenters. The van der Waals surface area contributed by atoms with Gasteiger partial charge in [-0.05, 0) is 12.1 Å². The van der Waals surface area contributed by atoms with Crippen LogP contribution in [0, 0.1) is 0 Å². The fraction of sp³-hybridized carbons (Fsp3) is 0.400. The van der Waals surface area contributed by atoms with Crippen molar-refractivity contribution in [2.24, 2.45) is 0 Å². The van der Waals surface area contributed by atoms with Crippen LogP contribution in [0.1, 0.15) is 18.3 Å². The Morgan fingerprint density at radius 3 is 2.33 bits per heavy atom. The first-order valence-corrected chi connectivity index (χ1v) is 7.02. The Labute approximate surface area is 125 Å². The quantitative estimate of drug-likeness (QED) is 0.868. The maximum Gasteiger partial charge on any atom is 0.229 e. The van der Waals surface area contributed by atoms with Crippen LogP contribution in [0.5, 0.6) is 0 Å². The second-order valence-corrected chi connectivity index (χ2v) is 5.09. The summed E-state index contributed by atoms with van der Waals surface area (Å²) in [5.41, 5.74) is 7.03. The third kappa shape index (κ3) is 4.39. The van der Waals surface area contributed by atoms with Crippen molar-refractivity contribution < 1.29 is 0 Å². The number of rotatable bonds is 6. The number of aromatic nitrogens is 3. The molecule has 0 aliphatic heterocycles. The van der Waals surface area contributed by atoms with Gasteiger partial charge in [-0.2, -0.15) is 15.0 Å². The zero-order valence-electron chi connectivity index (χ0n) is 12.8. The van der Waals surface area contributed by atoms with E-state index in [2.05, 4.69) is 38.9 Å². The molecular weight excluding hydrogens is 264 g/mol. The Balaban J connectivity index is 2.11. The minimum atomic E-state index is 0.263. The van der Waals surface area contributed by atoms with Crippen LogP contribution in [0.4, 0.5) is 11.9 Å². The van der Waals surface area contributed by atoms with Crippen LogP contribution in [-0.4, -0.2) is 40.5 Å². The minimum absolute atomic E-state index is 0.263. The van der Waals surface area contributed by atoms with Gasteiger partial charge in [0.25, 0.3) is 0 Å². The molecule has 6 heteroatoms. The summed E-state index contributed by atoms with van der Waals surface area (Å²) in [5.74, 6) is 1.55. The topological polar surface area (TPSA) is 71.2 Å². The first-order chi connectivity index (χ1) is 10.1. The van der Waals surface area contributed by atoms with Gasteiger partial charge >= 0.3 is 0 Å². The molecule has 2 rings (SSSR count). The summed E-state index contributed by atoms with van der Waals surface area (Å²) in [6.07, 6.45) is 0. The van der Waals surface area contributed by atoms with Gasteiger partial charge in [-0.1, -0.05) is 37.3 Å². The van der Waals surface area contributed by atoms with E-state index in [1.54, 1.807) is 0 Å². The van der Waals surface area contributed by atoms with Gasteiger partial charge in [0, 0.05) is 20.6 Å². The lowest BCUT2D eigenvalue weighted by molar-refractivity contribution is 0.264. The van der Waals surface area contributed by atoms with Gasteiger partial charge in [-0.3, -0.25) is 4.90 Å². The summed E-state index contributed by atoms with van der Waals surface area (Å²) in [4.78, 5) is 16.9. The predicted molar refractivity (Wildman–Crippen MR) is 84.8 cm³/mol. The van der Waals surface area contributed by atoms with Crippen LogP contribution >= 0.6 is 0 Å².